The van der Waals surface area contributed by atoms with E-state index in [2.05, 4.69) is 16.9 Å². The lowest BCUT2D eigenvalue weighted by molar-refractivity contribution is 0.315. The Kier molecular flexibility index (Phi) is 4.40. The number of aryl methyl sites for hydroxylation is 1. The summed E-state index contributed by atoms with van der Waals surface area (Å²) in [6.45, 7) is 3.63. The molecule has 100 valence electrons. The number of nitrogen functional groups attached to an aromatic ring is 1. The van der Waals surface area contributed by atoms with Crippen molar-refractivity contribution in [2.24, 2.45) is 0 Å². The second-order valence-corrected chi connectivity index (χ2v) is 5.21. The highest BCUT2D eigenvalue weighted by molar-refractivity contribution is 6.33. The van der Waals surface area contributed by atoms with E-state index in [-0.39, 0.29) is 0 Å². The molecule has 0 radical (unpaired) electrons. The fourth-order valence-corrected chi connectivity index (χ4v) is 2.20. The second kappa shape index (κ2) is 6.04. The van der Waals surface area contributed by atoms with Crippen LogP contribution in [0.1, 0.15) is 17.0 Å². The summed E-state index contributed by atoms with van der Waals surface area (Å²) in [5.74, 6) is 0. The van der Waals surface area contributed by atoms with Crippen molar-refractivity contribution in [3.63, 3.8) is 0 Å². The fourth-order valence-electron chi connectivity index (χ4n) is 2.00. The highest BCUT2D eigenvalue weighted by Crippen LogP contribution is 2.20. The topological polar surface area (TPSA) is 42.1 Å². The van der Waals surface area contributed by atoms with Crippen molar-refractivity contribution in [2.75, 3.05) is 12.8 Å². The van der Waals surface area contributed by atoms with E-state index < -0.39 is 0 Å². The minimum absolute atomic E-state index is 0.611. The lowest BCUT2D eigenvalue weighted by Crippen LogP contribution is -2.18. The van der Waals surface area contributed by atoms with Crippen molar-refractivity contribution in [2.45, 2.75) is 20.0 Å². The van der Waals surface area contributed by atoms with Crippen LogP contribution in [0.15, 0.2) is 36.4 Å². The van der Waals surface area contributed by atoms with Gasteiger partial charge in [-0.1, -0.05) is 23.7 Å². The molecule has 19 heavy (non-hydrogen) atoms. The standard InChI is InChI=1S/C15H18ClN3/c1-11-4-3-5-13(18-11)10-19(2)9-12-6-7-15(17)14(16)8-12/h3-8H,9-10,17H2,1-2H3. The van der Waals surface area contributed by atoms with Crippen molar-refractivity contribution in [3.8, 4) is 0 Å². The first-order valence-corrected chi connectivity index (χ1v) is 6.57. The van der Waals surface area contributed by atoms with Gasteiger partial charge in [-0.25, -0.2) is 0 Å². The zero-order chi connectivity index (χ0) is 13.8. The van der Waals surface area contributed by atoms with Gasteiger partial charge in [0, 0.05) is 18.8 Å². The van der Waals surface area contributed by atoms with Gasteiger partial charge in [0.25, 0.3) is 0 Å². The highest BCUT2D eigenvalue weighted by Gasteiger charge is 2.05. The molecule has 3 nitrogen and oxygen atoms in total. The van der Waals surface area contributed by atoms with Gasteiger partial charge < -0.3 is 5.73 Å². The van der Waals surface area contributed by atoms with Gasteiger partial charge in [0.15, 0.2) is 0 Å². The SMILES string of the molecule is Cc1cccc(CN(C)Cc2ccc(N)c(Cl)c2)n1. The van der Waals surface area contributed by atoms with Gasteiger partial charge in [-0.3, -0.25) is 9.88 Å². The summed E-state index contributed by atoms with van der Waals surface area (Å²) in [6.07, 6.45) is 0. The molecule has 1 aromatic heterocycles. The summed E-state index contributed by atoms with van der Waals surface area (Å²) >= 11 is 6.02. The molecular formula is C15H18ClN3. The molecule has 0 amide bonds. The molecule has 0 saturated heterocycles. The van der Waals surface area contributed by atoms with Crippen LogP contribution in [0.25, 0.3) is 0 Å². The molecule has 0 aliphatic heterocycles. The van der Waals surface area contributed by atoms with Crippen LogP contribution in [-0.2, 0) is 13.1 Å². The van der Waals surface area contributed by atoms with Gasteiger partial charge in [-0.2, -0.15) is 0 Å². The maximum Gasteiger partial charge on any atom is 0.0638 e. The van der Waals surface area contributed by atoms with Crippen LogP contribution in [0.2, 0.25) is 5.02 Å². The third kappa shape index (κ3) is 3.94. The Morgan fingerprint density at radius 3 is 2.68 bits per heavy atom. The average Bonchev–Trinajstić information content (AvgIpc) is 2.34. The molecule has 0 atom stereocenters. The third-order valence-electron chi connectivity index (χ3n) is 2.90. The van der Waals surface area contributed by atoms with Crippen LogP contribution >= 0.6 is 11.6 Å². The normalized spacial score (nSPS) is 10.9. The van der Waals surface area contributed by atoms with Gasteiger partial charge in [-0.05, 0) is 43.8 Å². The Bertz CT molecular complexity index is 569. The molecule has 0 spiro atoms. The molecule has 2 N–H and O–H groups in total. The fraction of sp³-hybridized carbons (Fsp3) is 0.267. The first kappa shape index (κ1) is 13.8. The Labute approximate surface area is 119 Å². The van der Waals surface area contributed by atoms with Crippen molar-refractivity contribution in [1.29, 1.82) is 0 Å². The molecule has 4 heteroatoms. The lowest BCUT2D eigenvalue weighted by atomic mass is 10.2. The maximum atomic E-state index is 6.02. The van der Waals surface area contributed by atoms with Gasteiger partial charge in [0.1, 0.15) is 0 Å². The van der Waals surface area contributed by atoms with E-state index in [1.54, 1.807) is 0 Å². The molecule has 0 saturated carbocycles. The van der Waals surface area contributed by atoms with Crippen LogP contribution in [0.5, 0.6) is 0 Å². The van der Waals surface area contributed by atoms with Gasteiger partial charge >= 0.3 is 0 Å². The van der Waals surface area contributed by atoms with E-state index in [0.29, 0.717) is 10.7 Å². The van der Waals surface area contributed by atoms with E-state index in [9.17, 15) is 0 Å². The minimum Gasteiger partial charge on any atom is -0.398 e. The van der Waals surface area contributed by atoms with E-state index >= 15 is 0 Å². The van der Waals surface area contributed by atoms with Crippen LogP contribution in [0, 0.1) is 6.92 Å². The van der Waals surface area contributed by atoms with E-state index in [1.807, 2.05) is 43.3 Å². The zero-order valence-corrected chi connectivity index (χ0v) is 12.0. The number of nitrogens with two attached hydrogens (primary N) is 1. The second-order valence-electron chi connectivity index (χ2n) is 4.80. The quantitative estimate of drug-likeness (QED) is 0.871. The highest BCUT2D eigenvalue weighted by atomic mass is 35.5. The summed E-state index contributed by atoms with van der Waals surface area (Å²) in [5, 5.41) is 0.611. The van der Waals surface area contributed by atoms with E-state index in [0.717, 1.165) is 30.0 Å². The van der Waals surface area contributed by atoms with Crippen LogP contribution in [0.3, 0.4) is 0 Å². The summed E-state index contributed by atoms with van der Waals surface area (Å²) < 4.78 is 0. The molecule has 0 bridgehead atoms. The van der Waals surface area contributed by atoms with Crippen LogP contribution in [0.4, 0.5) is 5.69 Å². The number of nitrogens with zero attached hydrogens (tertiary/aromatic N) is 2. The molecule has 1 heterocycles. The number of aromatic nitrogens is 1. The molecular weight excluding hydrogens is 258 g/mol. The summed E-state index contributed by atoms with van der Waals surface area (Å²) in [4.78, 5) is 6.70. The number of benzene rings is 1. The molecule has 0 unspecified atom stereocenters. The molecule has 0 fully saturated rings. The predicted octanol–water partition coefficient (Wildman–Crippen LogP) is 3.26. The number of anilines is 1. The molecule has 1 aromatic carbocycles. The van der Waals surface area contributed by atoms with Crippen LogP contribution in [-0.4, -0.2) is 16.9 Å². The Balaban J connectivity index is 2.01. The van der Waals surface area contributed by atoms with Crippen molar-refractivity contribution >= 4 is 17.3 Å². The first-order chi connectivity index (χ1) is 9.04. The van der Waals surface area contributed by atoms with Crippen molar-refractivity contribution in [3.05, 3.63) is 58.4 Å². The Morgan fingerprint density at radius 1 is 1.21 bits per heavy atom. The van der Waals surface area contributed by atoms with Gasteiger partial charge in [-0.15, -0.1) is 0 Å². The molecule has 2 aromatic rings. The average molecular weight is 276 g/mol. The first-order valence-electron chi connectivity index (χ1n) is 6.19. The molecule has 2 rings (SSSR count). The molecule has 0 aliphatic carbocycles. The van der Waals surface area contributed by atoms with Crippen LogP contribution < -0.4 is 5.73 Å². The number of pyridine rings is 1. The Morgan fingerprint density at radius 2 is 2.00 bits per heavy atom. The number of halogens is 1. The summed E-state index contributed by atoms with van der Waals surface area (Å²) in [5.41, 5.74) is 9.59. The zero-order valence-electron chi connectivity index (χ0n) is 11.2. The smallest absolute Gasteiger partial charge is 0.0638 e. The van der Waals surface area contributed by atoms with E-state index in [4.69, 9.17) is 17.3 Å². The molecule has 0 aliphatic rings. The predicted molar refractivity (Wildman–Crippen MR) is 80.0 cm³/mol. The number of rotatable bonds is 4. The van der Waals surface area contributed by atoms with Crippen molar-refractivity contribution in [1.82, 2.24) is 9.88 Å². The lowest BCUT2D eigenvalue weighted by Gasteiger charge is -2.17. The summed E-state index contributed by atoms with van der Waals surface area (Å²) in [6, 6.07) is 11.8. The van der Waals surface area contributed by atoms with Crippen molar-refractivity contribution < 1.29 is 0 Å². The largest absolute Gasteiger partial charge is 0.398 e. The number of hydrogen-bond acceptors (Lipinski definition) is 3. The third-order valence-corrected chi connectivity index (χ3v) is 3.22. The van der Waals surface area contributed by atoms with Gasteiger partial charge in [0.2, 0.25) is 0 Å². The maximum absolute atomic E-state index is 6.02. The van der Waals surface area contributed by atoms with E-state index in [1.165, 1.54) is 0 Å². The van der Waals surface area contributed by atoms with Gasteiger partial charge in [0.05, 0.1) is 16.4 Å². The number of hydrogen-bond donors (Lipinski definition) is 1. The Hall–Kier alpha value is -1.58. The monoisotopic (exact) mass is 275 g/mol. The minimum atomic E-state index is 0.611. The summed E-state index contributed by atoms with van der Waals surface area (Å²) in [7, 11) is 2.06.